The molecule has 0 saturated carbocycles. The topological polar surface area (TPSA) is 27.4 Å². The number of aromatic nitrogens is 1. The molecule has 0 unspecified atom stereocenters. The van der Waals surface area contributed by atoms with E-state index in [4.69, 9.17) is 0 Å². The molecule has 1 saturated heterocycles. The number of para-hydroxylation sites is 1. The molecule has 2 aromatic rings. The first kappa shape index (κ1) is 16.5. The fraction of sp³-hybridized carbons (Fsp3) is 0.400. The first-order valence-electron chi connectivity index (χ1n) is 8.85. The van der Waals surface area contributed by atoms with Crippen molar-refractivity contribution in [3.63, 3.8) is 0 Å². The van der Waals surface area contributed by atoms with Gasteiger partial charge in [0.15, 0.2) is 12.4 Å². The Morgan fingerprint density at radius 2 is 1.54 bits per heavy atom. The zero-order valence-electron chi connectivity index (χ0n) is 14.2. The van der Waals surface area contributed by atoms with Crippen molar-refractivity contribution < 1.29 is 9.36 Å². The average Bonchev–Trinajstić information content (AvgIpc) is 2.67. The summed E-state index contributed by atoms with van der Waals surface area (Å²) in [5, 5.41) is 0. The lowest BCUT2D eigenvalue weighted by Crippen LogP contribution is -2.48. The van der Waals surface area contributed by atoms with Crippen LogP contribution in [0.5, 0.6) is 0 Å². The van der Waals surface area contributed by atoms with Crippen molar-refractivity contribution in [2.75, 3.05) is 31.1 Å². The van der Waals surface area contributed by atoms with Gasteiger partial charge in [-0.1, -0.05) is 24.3 Å². The Balaban J connectivity index is 1.36. The SMILES string of the molecule is O=C(CCCC[n+]1ccccc1)N1CCN(c2ccccc2)CC1. The molecular weight excluding hydrogens is 298 g/mol. The summed E-state index contributed by atoms with van der Waals surface area (Å²) in [5.41, 5.74) is 1.25. The molecule has 2 heterocycles. The molecule has 1 aliphatic rings. The normalized spacial score (nSPS) is 14.7. The first-order chi connectivity index (χ1) is 11.8. The molecule has 0 atom stereocenters. The van der Waals surface area contributed by atoms with Gasteiger partial charge < -0.3 is 9.80 Å². The van der Waals surface area contributed by atoms with E-state index in [1.807, 2.05) is 29.2 Å². The van der Waals surface area contributed by atoms with Crippen molar-refractivity contribution in [3.8, 4) is 0 Å². The van der Waals surface area contributed by atoms with Crippen LogP contribution in [0.2, 0.25) is 0 Å². The quantitative estimate of drug-likeness (QED) is 0.603. The predicted octanol–water partition coefficient (Wildman–Crippen LogP) is 2.49. The van der Waals surface area contributed by atoms with E-state index in [0.717, 1.165) is 45.6 Å². The second kappa shape index (κ2) is 8.48. The zero-order valence-corrected chi connectivity index (χ0v) is 14.2. The Kier molecular flexibility index (Phi) is 5.83. The van der Waals surface area contributed by atoms with Gasteiger partial charge in [-0.15, -0.1) is 0 Å². The minimum Gasteiger partial charge on any atom is -0.368 e. The van der Waals surface area contributed by atoms with Gasteiger partial charge in [-0.2, -0.15) is 0 Å². The number of pyridine rings is 1. The van der Waals surface area contributed by atoms with E-state index in [-0.39, 0.29) is 0 Å². The summed E-state index contributed by atoms with van der Waals surface area (Å²) in [6.45, 7) is 4.50. The van der Waals surface area contributed by atoms with E-state index in [0.29, 0.717) is 12.3 Å². The summed E-state index contributed by atoms with van der Waals surface area (Å²) in [5.74, 6) is 0.306. The number of hydrogen-bond donors (Lipinski definition) is 0. The highest BCUT2D eigenvalue weighted by Gasteiger charge is 2.20. The highest BCUT2D eigenvalue weighted by atomic mass is 16.2. The van der Waals surface area contributed by atoms with Gasteiger partial charge in [-0.25, -0.2) is 4.57 Å². The molecule has 1 aromatic heterocycles. The number of rotatable bonds is 6. The number of carbonyl (C=O) groups is 1. The van der Waals surface area contributed by atoms with Crippen LogP contribution in [0.25, 0.3) is 0 Å². The van der Waals surface area contributed by atoms with E-state index in [9.17, 15) is 4.79 Å². The second-order valence-corrected chi connectivity index (χ2v) is 6.27. The highest BCUT2D eigenvalue weighted by Crippen LogP contribution is 2.16. The molecule has 0 aliphatic carbocycles. The molecule has 1 fully saturated rings. The Morgan fingerprint density at radius 3 is 2.25 bits per heavy atom. The van der Waals surface area contributed by atoms with Gasteiger partial charge in [-0.05, 0) is 18.6 Å². The lowest BCUT2D eigenvalue weighted by Gasteiger charge is -2.36. The van der Waals surface area contributed by atoms with Gasteiger partial charge in [-0.3, -0.25) is 4.79 Å². The summed E-state index contributed by atoms with van der Waals surface area (Å²) in [6, 6.07) is 16.5. The molecule has 0 radical (unpaired) electrons. The Morgan fingerprint density at radius 1 is 0.875 bits per heavy atom. The summed E-state index contributed by atoms with van der Waals surface area (Å²) in [4.78, 5) is 16.7. The first-order valence-corrected chi connectivity index (χ1v) is 8.85. The molecule has 126 valence electrons. The van der Waals surface area contributed by atoms with Crippen LogP contribution in [0.15, 0.2) is 60.9 Å². The Bertz CT molecular complexity index is 622. The fourth-order valence-corrected chi connectivity index (χ4v) is 3.16. The fourth-order valence-electron chi connectivity index (χ4n) is 3.16. The van der Waals surface area contributed by atoms with Gasteiger partial charge in [0, 0.05) is 56.8 Å². The number of unbranched alkanes of at least 4 members (excludes halogenated alkanes) is 1. The largest absolute Gasteiger partial charge is 0.368 e. The van der Waals surface area contributed by atoms with Gasteiger partial charge in [0.05, 0.1) is 0 Å². The van der Waals surface area contributed by atoms with E-state index >= 15 is 0 Å². The zero-order chi connectivity index (χ0) is 16.6. The Labute approximate surface area is 144 Å². The van der Waals surface area contributed by atoms with Gasteiger partial charge in [0.2, 0.25) is 5.91 Å². The van der Waals surface area contributed by atoms with Crippen molar-refractivity contribution in [3.05, 3.63) is 60.9 Å². The van der Waals surface area contributed by atoms with Crippen molar-refractivity contribution in [1.29, 1.82) is 0 Å². The molecule has 0 N–H and O–H groups in total. The summed E-state index contributed by atoms with van der Waals surface area (Å²) in [7, 11) is 0. The van der Waals surface area contributed by atoms with Crippen LogP contribution in [0, 0.1) is 0 Å². The lowest BCUT2D eigenvalue weighted by atomic mass is 10.2. The van der Waals surface area contributed by atoms with E-state index in [1.54, 1.807) is 0 Å². The number of piperazine rings is 1. The van der Waals surface area contributed by atoms with Crippen molar-refractivity contribution in [2.45, 2.75) is 25.8 Å². The van der Waals surface area contributed by atoms with E-state index in [2.05, 4.69) is 46.1 Å². The number of amides is 1. The molecule has 0 spiro atoms. The number of benzene rings is 1. The van der Waals surface area contributed by atoms with Crippen LogP contribution in [-0.4, -0.2) is 37.0 Å². The molecule has 4 nitrogen and oxygen atoms in total. The van der Waals surface area contributed by atoms with Crippen LogP contribution < -0.4 is 9.47 Å². The average molecular weight is 324 g/mol. The number of hydrogen-bond acceptors (Lipinski definition) is 2. The van der Waals surface area contributed by atoms with Gasteiger partial charge in [0.25, 0.3) is 0 Å². The number of aryl methyl sites for hydroxylation is 1. The van der Waals surface area contributed by atoms with Crippen LogP contribution in [0.4, 0.5) is 5.69 Å². The summed E-state index contributed by atoms with van der Waals surface area (Å²) >= 11 is 0. The minimum atomic E-state index is 0.306. The number of anilines is 1. The maximum absolute atomic E-state index is 12.4. The van der Waals surface area contributed by atoms with Crippen LogP contribution in [0.3, 0.4) is 0 Å². The monoisotopic (exact) mass is 324 g/mol. The van der Waals surface area contributed by atoms with E-state index in [1.165, 1.54) is 5.69 Å². The maximum atomic E-state index is 12.4. The van der Waals surface area contributed by atoms with Crippen LogP contribution in [-0.2, 0) is 11.3 Å². The Hall–Kier alpha value is -2.36. The summed E-state index contributed by atoms with van der Waals surface area (Å²) in [6.07, 6.45) is 6.82. The predicted molar refractivity (Wildman–Crippen MR) is 95.7 cm³/mol. The van der Waals surface area contributed by atoms with Crippen LogP contribution >= 0.6 is 0 Å². The third kappa shape index (κ3) is 4.57. The molecule has 4 heteroatoms. The van der Waals surface area contributed by atoms with Gasteiger partial charge in [0.1, 0.15) is 6.54 Å². The maximum Gasteiger partial charge on any atom is 0.222 e. The molecule has 3 rings (SSSR count). The molecular formula is C20H26N3O+. The lowest BCUT2D eigenvalue weighted by molar-refractivity contribution is -0.697. The van der Waals surface area contributed by atoms with Crippen LogP contribution in [0.1, 0.15) is 19.3 Å². The molecule has 1 aromatic carbocycles. The third-order valence-electron chi connectivity index (χ3n) is 4.59. The number of carbonyl (C=O) groups excluding carboxylic acids is 1. The van der Waals surface area contributed by atoms with Crippen molar-refractivity contribution in [2.24, 2.45) is 0 Å². The van der Waals surface area contributed by atoms with E-state index < -0.39 is 0 Å². The standard InChI is InChI=1S/C20H26N3O/c24-20(11-5-8-14-21-12-6-2-7-13-21)23-17-15-22(16-18-23)19-9-3-1-4-10-19/h1-4,6-7,9-10,12-13H,5,8,11,14-18H2/q+1. The number of nitrogens with zero attached hydrogens (tertiary/aromatic N) is 3. The highest BCUT2D eigenvalue weighted by molar-refractivity contribution is 5.76. The van der Waals surface area contributed by atoms with Gasteiger partial charge >= 0.3 is 0 Å². The minimum absolute atomic E-state index is 0.306. The summed E-state index contributed by atoms with van der Waals surface area (Å²) < 4.78 is 2.17. The second-order valence-electron chi connectivity index (χ2n) is 6.27. The molecule has 1 amide bonds. The molecule has 1 aliphatic heterocycles. The molecule has 24 heavy (non-hydrogen) atoms. The third-order valence-corrected chi connectivity index (χ3v) is 4.59. The smallest absolute Gasteiger partial charge is 0.222 e. The molecule has 0 bridgehead atoms. The van der Waals surface area contributed by atoms with Crippen molar-refractivity contribution in [1.82, 2.24) is 4.90 Å². The van der Waals surface area contributed by atoms with Crippen molar-refractivity contribution >= 4 is 11.6 Å².